The molecule has 0 aliphatic rings. The molecule has 0 radical (unpaired) electrons. The average Bonchev–Trinajstić information content (AvgIpc) is 2.19. The third kappa shape index (κ3) is 20.2. The summed E-state index contributed by atoms with van der Waals surface area (Å²) in [6, 6.07) is 0. The van der Waals surface area contributed by atoms with Gasteiger partial charge in [-0.1, -0.05) is 64.7 Å². The average molecular weight is 390 g/mol. The first kappa shape index (κ1) is 21.0. The van der Waals surface area contributed by atoms with Crippen molar-refractivity contribution in [1.82, 2.24) is 0 Å². The predicted molar refractivity (Wildman–Crippen MR) is 77.3 cm³/mol. The fourth-order valence-electron chi connectivity index (χ4n) is 1.81. The zero-order chi connectivity index (χ0) is 12.3. The Hall–Kier alpha value is 1.72. The maximum atomic E-state index is 10.6. The summed E-state index contributed by atoms with van der Waals surface area (Å²) in [4.78, 5) is 17.3. The van der Waals surface area contributed by atoms with Crippen LogP contribution >= 0.6 is 7.60 Å². The van der Waals surface area contributed by atoms with Gasteiger partial charge in [-0.25, -0.2) is 0 Å². The molecule has 17 heavy (non-hydrogen) atoms. The molecule has 0 aromatic rings. The quantitative estimate of drug-likeness (QED) is 0.324. The first-order chi connectivity index (χ1) is 7.56. The number of hydrogen-bond donors (Lipinski definition) is 2. The van der Waals surface area contributed by atoms with Crippen LogP contribution in [0, 0.1) is 0 Å². The van der Waals surface area contributed by atoms with E-state index in [4.69, 9.17) is 9.79 Å². The zero-order valence-corrected chi connectivity index (χ0v) is 11.4. The van der Waals surface area contributed by atoms with Crippen molar-refractivity contribution in [3.05, 3.63) is 0 Å². The normalized spacial score (nSPS) is 11.2. The first-order valence-corrected chi connectivity index (χ1v) is 8.40. The van der Waals surface area contributed by atoms with Crippen LogP contribution in [0.2, 0.25) is 0 Å². The van der Waals surface area contributed by atoms with Gasteiger partial charge in [-0.15, -0.1) is 0 Å². The van der Waals surface area contributed by atoms with E-state index in [0.29, 0.717) is 6.42 Å². The number of rotatable bonds is 11. The molecule has 0 aromatic heterocycles. The van der Waals surface area contributed by atoms with Gasteiger partial charge in [0.2, 0.25) is 0 Å². The van der Waals surface area contributed by atoms with Crippen molar-refractivity contribution in [3.63, 3.8) is 0 Å². The van der Waals surface area contributed by atoms with E-state index < -0.39 is 7.60 Å². The molecule has 0 heterocycles. The Morgan fingerprint density at radius 1 is 0.765 bits per heavy atom. The monoisotopic (exact) mass is 390 g/mol. The molecule has 0 bridgehead atoms. The van der Waals surface area contributed by atoms with Crippen molar-refractivity contribution >= 4 is 56.5 Å². The molecule has 0 saturated heterocycles. The molecular weight excluding hydrogens is 360 g/mol. The summed E-state index contributed by atoms with van der Waals surface area (Å²) in [5.41, 5.74) is 0. The summed E-state index contributed by atoms with van der Waals surface area (Å²) in [6.45, 7) is 2.22. The van der Waals surface area contributed by atoms with Crippen LogP contribution in [0.25, 0.3) is 0 Å². The molecule has 2 N–H and O–H groups in total. The van der Waals surface area contributed by atoms with Crippen LogP contribution in [0.3, 0.4) is 0 Å². The molecule has 0 aliphatic carbocycles. The van der Waals surface area contributed by atoms with Crippen molar-refractivity contribution in [1.29, 1.82) is 0 Å². The standard InChI is InChI=1S/C12H27O3P.Ba.2H/c1-2-3-4-5-6-7-8-9-10-11-12-16(13,14)15;;;/h2-12H2,1H3,(H2,13,14,15);;;. The van der Waals surface area contributed by atoms with E-state index in [2.05, 4.69) is 6.92 Å². The number of unbranched alkanes of at least 4 members (excludes halogenated alkanes) is 9. The summed E-state index contributed by atoms with van der Waals surface area (Å²) in [7, 11) is -3.74. The van der Waals surface area contributed by atoms with Crippen LogP contribution in [0.4, 0.5) is 0 Å². The second kappa shape index (κ2) is 14.1. The molecule has 0 spiro atoms. The van der Waals surface area contributed by atoms with Crippen molar-refractivity contribution < 1.29 is 14.4 Å². The first-order valence-electron chi connectivity index (χ1n) is 6.61. The molecule has 5 heteroatoms. The second-order valence-corrected chi connectivity index (χ2v) is 6.35. The molecule has 102 valence electrons. The molecule has 0 saturated carbocycles. The minimum atomic E-state index is -3.74. The van der Waals surface area contributed by atoms with E-state index in [0.717, 1.165) is 12.8 Å². The van der Waals surface area contributed by atoms with Crippen LogP contribution < -0.4 is 0 Å². The minimum absolute atomic E-state index is 0. The van der Waals surface area contributed by atoms with Crippen LogP contribution in [-0.4, -0.2) is 64.8 Å². The van der Waals surface area contributed by atoms with Gasteiger partial charge in [0, 0.05) is 6.16 Å². The van der Waals surface area contributed by atoms with E-state index in [1.165, 1.54) is 44.9 Å². The maximum absolute atomic E-state index is 10.6. The molecular formula is C12H29BaO3P. The van der Waals surface area contributed by atoms with Gasteiger partial charge in [0.1, 0.15) is 0 Å². The Kier molecular flexibility index (Phi) is 17.5. The summed E-state index contributed by atoms with van der Waals surface area (Å²) in [5.74, 6) is 0. The van der Waals surface area contributed by atoms with E-state index in [-0.39, 0.29) is 55.0 Å². The third-order valence-electron chi connectivity index (χ3n) is 2.80. The van der Waals surface area contributed by atoms with Gasteiger partial charge in [-0.05, 0) is 6.42 Å². The Morgan fingerprint density at radius 3 is 1.47 bits per heavy atom. The van der Waals surface area contributed by atoms with Crippen molar-refractivity contribution in [2.24, 2.45) is 0 Å². The predicted octanol–water partition coefficient (Wildman–Crippen LogP) is 3.17. The van der Waals surface area contributed by atoms with Crippen LogP contribution in [0.15, 0.2) is 0 Å². The summed E-state index contributed by atoms with van der Waals surface area (Å²) in [5, 5.41) is 0. The summed E-state index contributed by atoms with van der Waals surface area (Å²) < 4.78 is 10.6. The van der Waals surface area contributed by atoms with E-state index in [9.17, 15) is 4.57 Å². The molecule has 0 aliphatic heterocycles. The Bertz CT molecular complexity index is 194. The van der Waals surface area contributed by atoms with Crippen molar-refractivity contribution in [2.75, 3.05) is 6.16 Å². The zero-order valence-electron chi connectivity index (χ0n) is 10.5. The Balaban J connectivity index is 0. The van der Waals surface area contributed by atoms with Crippen molar-refractivity contribution in [2.45, 2.75) is 71.1 Å². The van der Waals surface area contributed by atoms with E-state index in [1.807, 2.05) is 0 Å². The van der Waals surface area contributed by atoms with Crippen LogP contribution in [0.1, 0.15) is 71.1 Å². The van der Waals surface area contributed by atoms with E-state index in [1.54, 1.807) is 0 Å². The molecule has 0 unspecified atom stereocenters. The SMILES string of the molecule is CCCCCCCCCCCCP(=O)(O)O.[BaH2]. The second-order valence-electron chi connectivity index (χ2n) is 4.57. The van der Waals surface area contributed by atoms with Gasteiger partial charge >= 0.3 is 56.5 Å². The fraction of sp³-hybridized carbons (Fsp3) is 1.00. The number of hydrogen-bond acceptors (Lipinski definition) is 1. The Morgan fingerprint density at radius 2 is 1.12 bits per heavy atom. The third-order valence-corrected chi connectivity index (χ3v) is 3.70. The molecule has 0 amide bonds. The van der Waals surface area contributed by atoms with Gasteiger partial charge in [-0.3, -0.25) is 4.57 Å². The molecule has 0 atom stereocenters. The van der Waals surface area contributed by atoms with Crippen molar-refractivity contribution in [3.8, 4) is 0 Å². The summed E-state index contributed by atoms with van der Waals surface area (Å²) in [6.07, 6.45) is 12.0. The van der Waals surface area contributed by atoms with Gasteiger partial charge in [0.05, 0.1) is 0 Å². The van der Waals surface area contributed by atoms with Crippen LogP contribution in [-0.2, 0) is 4.57 Å². The van der Waals surface area contributed by atoms with Crippen LogP contribution in [0.5, 0.6) is 0 Å². The van der Waals surface area contributed by atoms with E-state index >= 15 is 0 Å². The summed E-state index contributed by atoms with van der Waals surface area (Å²) >= 11 is 0. The molecule has 3 nitrogen and oxygen atoms in total. The van der Waals surface area contributed by atoms with Gasteiger partial charge in [-0.2, -0.15) is 0 Å². The van der Waals surface area contributed by atoms with Gasteiger partial charge in [0.15, 0.2) is 0 Å². The Labute approximate surface area is 146 Å². The van der Waals surface area contributed by atoms with Gasteiger partial charge in [0.25, 0.3) is 0 Å². The van der Waals surface area contributed by atoms with Gasteiger partial charge < -0.3 is 9.79 Å². The topological polar surface area (TPSA) is 57.5 Å². The molecule has 0 fully saturated rings. The fourth-order valence-corrected chi connectivity index (χ4v) is 2.44. The molecule has 0 rings (SSSR count). The molecule has 0 aromatic carbocycles.